The zero-order valence-corrected chi connectivity index (χ0v) is 10.1. The minimum Gasteiger partial charge on any atom is -0.396 e. The van der Waals surface area contributed by atoms with Gasteiger partial charge in [0.25, 0.3) is 0 Å². The average molecular weight is 228 g/mol. The number of aliphatic hydroxyl groups is 1. The Morgan fingerprint density at radius 3 is 2.60 bits per heavy atom. The van der Waals surface area contributed by atoms with Gasteiger partial charge in [0.05, 0.1) is 0 Å². The van der Waals surface area contributed by atoms with E-state index in [9.17, 15) is 0 Å². The monoisotopic (exact) mass is 227 g/mol. The summed E-state index contributed by atoms with van der Waals surface area (Å²) in [5.74, 6) is 0. The van der Waals surface area contributed by atoms with Crippen LogP contribution in [0.1, 0.15) is 17.5 Å². The van der Waals surface area contributed by atoms with Gasteiger partial charge in [0, 0.05) is 18.2 Å². The molecule has 0 atom stereocenters. The third-order valence-electron chi connectivity index (χ3n) is 2.23. The minimum atomic E-state index is 0.233. The summed E-state index contributed by atoms with van der Waals surface area (Å²) >= 11 is 6.16. The number of aryl methyl sites for hydroxylation is 1. The molecule has 1 rings (SSSR count). The standard InChI is InChI=1S/C12H18ClNO/c1-14(2)9-11-6-5-10(4-3-7-15)8-12(11)13/h5-6,8,15H,3-4,7,9H2,1-2H3. The zero-order valence-electron chi connectivity index (χ0n) is 9.33. The van der Waals surface area contributed by atoms with Crippen LogP contribution in [0.2, 0.25) is 5.02 Å². The van der Waals surface area contributed by atoms with E-state index in [0.717, 1.165) is 30.0 Å². The Labute approximate surface area is 96.5 Å². The van der Waals surface area contributed by atoms with Gasteiger partial charge in [0.15, 0.2) is 0 Å². The Morgan fingerprint density at radius 2 is 2.07 bits per heavy atom. The van der Waals surface area contributed by atoms with Gasteiger partial charge in [-0.25, -0.2) is 0 Å². The summed E-state index contributed by atoms with van der Waals surface area (Å²) < 4.78 is 0. The van der Waals surface area contributed by atoms with Crippen molar-refractivity contribution < 1.29 is 5.11 Å². The van der Waals surface area contributed by atoms with Crippen LogP contribution in [0.25, 0.3) is 0 Å². The molecule has 0 aliphatic rings. The smallest absolute Gasteiger partial charge is 0.0453 e. The van der Waals surface area contributed by atoms with Crippen molar-refractivity contribution >= 4 is 11.6 Å². The van der Waals surface area contributed by atoms with E-state index in [1.807, 2.05) is 20.2 Å². The SMILES string of the molecule is CN(C)Cc1ccc(CCCO)cc1Cl. The maximum atomic E-state index is 8.73. The predicted molar refractivity (Wildman–Crippen MR) is 64.2 cm³/mol. The number of halogens is 1. The highest BCUT2D eigenvalue weighted by Crippen LogP contribution is 2.19. The lowest BCUT2D eigenvalue weighted by molar-refractivity contribution is 0.288. The van der Waals surface area contributed by atoms with Gasteiger partial charge in [-0.05, 0) is 44.1 Å². The summed E-state index contributed by atoms with van der Waals surface area (Å²) in [5.41, 5.74) is 2.34. The quantitative estimate of drug-likeness (QED) is 0.835. The zero-order chi connectivity index (χ0) is 11.3. The molecule has 0 aromatic heterocycles. The maximum absolute atomic E-state index is 8.73. The molecule has 0 amide bonds. The van der Waals surface area contributed by atoms with Gasteiger partial charge in [0.2, 0.25) is 0 Å². The fourth-order valence-electron chi connectivity index (χ4n) is 1.50. The number of hydrogen-bond acceptors (Lipinski definition) is 2. The number of aliphatic hydroxyl groups excluding tert-OH is 1. The van der Waals surface area contributed by atoms with Gasteiger partial charge in [0.1, 0.15) is 0 Å². The average Bonchev–Trinajstić information content (AvgIpc) is 2.18. The number of benzene rings is 1. The first-order chi connectivity index (χ1) is 7.13. The molecule has 0 saturated carbocycles. The number of hydrogen-bond donors (Lipinski definition) is 1. The molecule has 0 heterocycles. The molecule has 0 spiro atoms. The fourth-order valence-corrected chi connectivity index (χ4v) is 1.76. The molecule has 1 N–H and O–H groups in total. The molecule has 0 radical (unpaired) electrons. The Bertz CT molecular complexity index is 312. The van der Waals surface area contributed by atoms with Crippen molar-refractivity contribution in [2.45, 2.75) is 19.4 Å². The van der Waals surface area contributed by atoms with Crippen LogP contribution in [0.5, 0.6) is 0 Å². The number of nitrogens with zero attached hydrogens (tertiary/aromatic N) is 1. The van der Waals surface area contributed by atoms with E-state index in [-0.39, 0.29) is 6.61 Å². The van der Waals surface area contributed by atoms with Crippen molar-refractivity contribution in [1.82, 2.24) is 4.90 Å². The van der Waals surface area contributed by atoms with Crippen LogP contribution < -0.4 is 0 Å². The highest BCUT2D eigenvalue weighted by atomic mass is 35.5. The highest BCUT2D eigenvalue weighted by Gasteiger charge is 2.02. The summed E-state index contributed by atoms with van der Waals surface area (Å²) in [6.45, 7) is 1.09. The van der Waals surface area contributed by atoms with Gasteiger partial charge in [-0.2, -0.15) is 0 Å². The topological polar surface area (TPSA) is 23.5 Å². The van der Waals surface area contributed by atoms with E-state index < -0.39 is 0 Å². The van der Waals surface area contributed by atoms with Crippen molar-refractivity contribution in [2.24, 2.45) is 0 Å². The van der Waals surface area contributed by atoms with E-state index in [0.29, 0.717) is 0 Å². The van der Waals surface area contributed by atoms with Gasteiger partial charge in [-0.3, -0.25) is 0 Å². The van der Waals surface area contributed by atoms with Gasteiger partial charge >= 0.3 is 0 Å². The second-order valence-electron chi connectivity index (χ2n) is 3.99. The summed E-state index contributed by atoms with van der Waals surface area (Å²) in [4.78, 5) is 2.09. The largest absolute Gasteiger partial charge is 0.396 e. The third kappa shape index (κ3) is 4.20. The molecule has 0 bridgehead atoms. The Balaban J connectivity index is 2.70. The highest BCUT2D eigenvalue weighted by molar-refractivity contribution is 6.31. The lowest BCUT2D eigenvalue weighted by atomic mass is 10.1. The minimum absolute atomic E-state index is 0.233. The van der Waals surface area contributed by atoms with Crippen LogP contribution in [0.3, 0.4) is 0 Å². The second-order valence-corrected chi connectivity index (χ2v) is 4.40. The molecule has 15 heavy (non-hydrogen) atoms. The normalized spacial score (nSPS) is 11.0. The summed E-state index contributed by atoms with van der Waals surface area (Å²) in [6.07, 6.45) is 1.68. The Morgan fingerprint density at radius 1 is 1.33 bits per heavy atom. The molecule has 1 aromatic rings. The van der Waals surface area contributed by atoms with Crippen molar-refractivity contribution in [3.63, 3.8) is 0 Å². The lowest BCUT2D eigenvalue weighted by Gasteiger charge is -2.12. The summed E-state index contributed by atoms with van der Waals surface area (Å²) in [6, 6.07) is 6.14. The molecule has 0 aliphatic carbocycles. The van der Waals surface area contributed by atoms with Crippen LogP contribution >= 0.6 is 11.6 Å². The van der Waals surface area contributed by atoms with Gasteiger partial charge < -0.3 is 10.0 Å². The molecule has 0 aliphatic heterocycles. The first-order valence-corrected chi connectivity index (χ1v) is 5.54. The van der Waals surface area contributed by atoms with Crippen molar-refractivity contribution in [2.75, 3.05) is 20.7 Å². The van der Waals surface area contributed by atoms with Crippen LogP contribution in [-0.2, 0) is 13.0 Å². The third-order valence-corrected chi connectivity index (χ3v) is 2.58. The van der Waals surface area contributed by atoms with E-state index in [1.165, 1.54) is 5.56 Å². The molecule has 0 saturated heterocycles. The molecular weight excluding hydrogens is 210 g/mol. The maximum Gasteiger partial charge on any atom is 0.0453 e. The molecule has 1 aromatic carbocycles. The first kappa shape index (κ1) is 12.5. The Kier molecular flexibility index (Phi) is 5.09. The lowest BCUT2D eigenvalue weighted by Crippen LogP contribution is -2.11. The molecule has 84 valence electrons. The van der Waals surface area contributed by atoms with Gasteiger partial charge in [-0.15, -0.1) is 0 Å². The Hall–Kier alpha value is -0.570. The van der Waals surface area contributed by atoms with Crippen LogP contribution in [0, 0.1) is 0 Å². The van der Waals surface area contributed by atoms with E-state index in [4.69, 9.17) is 16.7 Å². The van der Waals surface area contributed by atoms with Crippen molar-refractivity contribution in [1.29, 1.82) is 0 Å². The summed E-state index contributed by atoms with van der Waals surface area (Å²) in [5, 5.41) is 9.55. The number of rotatable bonds is 5. The second kappa shape index (κ2) is 6.11. The van der Waals surface area contributed by atoms with E-state index >= 15 is 0 Å². The van der Waals surface area contributed by atoms with E-state index in [1.54, 1.807) is 0 Å². The van der Waals surface area contributed by atoms with Crippen molar-refractivity contribution in [3.05, 3.63) is 34.3 Å². The molecule has 0 fully saturated rings. The van der Waals surface area contributed by atoms with Crippen LogP contribution in [-0.4, -0.2) is 30.7 Å². The fraction of sp³-hybridized carbons (Fsp3) is 0.500. The van der Waals surface area contributed by atoms with Crippen LogP contribution in [0.4, 0.5) is 0 Å². The first-order valence-electron chi connectivity index (χ1n) is 5.16. The summed E-state index contributed by atoms with van der Waals surface area (Å²) in [7, 11) is 4.05. The molecular formula is C12H18ClNO. The molecule has 0 unspecified atom stereocenters. The predicted octanol–water partition coefficient (Wildman–Crippen LogP) is 2.33. The van der Waals surface area contributed by atoms with E-state index in [2.05, 4.69) is 17.0 Å². The molecule has 2 nitrogen and oxygen atoms in total. The van der Waals surface area contributed by atoms with Gasteiger partial charge in [-0.1, -0.05) is 23.7 Å². The molecule has 3 heteroatoms. The van der Waals surface area contributed by atoms with Crippen LogP contribution in [0.15, 0.2) is 18.2 Å². The van der Waals surface area contributed by atoms with Crippen molar-refractivity contribution in [3.8, 4) is 0 Å².